The summed E-state index contributed by atoms with van der Waals surface area (Å²) in [5.74, 6) is -4.40. The molecule has 8 nitrogen and oxygen atoms in total. The van der Waals surface area contributed by atoms with Gasteiger partial charge in [-0.05, 0) is 0 Å². The Labute approximate surface area is 91.2 Å². The highest BCUT2D eigenvalue weighted by Crippen LogP contribution is 2.00. The maximum atomic E-state index is 10.2. The van der Waals surface area contributed by atoms with Gasteiger partial charge in [-0.3, -0.25) is 4.79 Å². The molecular weight excluding hydrogens is 220 g/mol. The van der Waals surface area contributed by atoms with E-state index in [-0.39, 0.29) is 0 Å². The maximum absolute atomic E-state index is 10.2. The van der Waals surface area contributed by atoms with Crippen LogP contribution in [0.25, 0.3) is 0 Å². The Morgan fingerprint density at radius 3 is 1.62 bits per heavy atom. The molecule has 0 aliphatic carbocycles. The topological polar surface area (TPSA) is 164 Å². The van der Waals surface area contributed by atoms with Crippen LogP contribution in [0.15, 0.2) is 11.6 Å². The van der Waals surface area contributed by atoms with E-state index < -0.39 is 29.9 Å². The van der Waals surface area contributed by atoms with Crippen molar-refractivity contribution in [2.75, 3.05) is 13.1 Å². The van der Waals surface area contributed by atoms with Gasteiger partial charge in [-0.15, -0.1) is 0 Å². The van der Waals surface area contributed by atoms with Crippen LogP contribution in [0.3, 0.4) is 0 Å². The number of carbonyl (C=O) groups is 3. The van der Waals surface area contributed by atoms with Gasteiger partial charge in [0.05, 0.1) is 12.0 Å². The van der Waals surface area contributed by atoms with Crippen molar-refractivity contribution in [2.24, 2.45) is 11.5 Å². The minimum atomic E-state index is -1.54. The molecule has 0 fully saturated rings. The van der Waals surface area contributed by atoms with E-state index >= 15 is 0 Å². The molecule has 16 heavy (non-hydrogen) atoms. The quantitative estimate of drug-likeness (QED) is 0.357. The van der Waals surface area contributed by atoms with Crippen LogP contribution in [-0.2, 0) is 14.4 Å². The first-order chi connectivity index (χ1) is 7.34. The lowest BCUT2D eigenvalue weighted by Crippen LogP contribution is -2.11. The van der Waals surface area contributed by atoms with Crippen molar-refractivity contribution in [3.63, 3.8) is 0 Å². The van der Waals surface area contributed by atoms with Crippen LogP contribution >= 0.6 is 0 Å². The van der Waals surface area contributed by atoms with Crippen molar-refractivity contribution in [1.29, 1.82) is 0 Å². The Kier molecular flexibility index (Phi) is 9.92. The fourth-order valence-electron chi connectivity index (χ4n) is 0.500. The lowest BCUT2D eigenvalue weighted by atomic mass is 10.2. The Balaban J connectivity index is 0. The predicted molar refractivity (Wildman–Crippen MR) is 53.7 cm³/mol. The van der Waals surface area contributed by atoms with Gasteiger partial charge in [0.1, 0.15) is 0 Å². The zero-order valence-electron chi connectivity index (χ0n) is 8.42. The maximum Gasteiger partial charge on any atom is 0.332 e. The summed E-state index contributed by atoms with van der Waals surface area (Å²) in [6, 6.07) is 0. The average Bonchev–Trinajstić information content (AvgIpc) is 2.15. The molecule has 0 rings (SSSR count). The number of carboxylic acids is 3. The highest BCUT2D eigenvalue weighted by molar-refractivity contribution is 5.98. The Morgan fingerprint density at radius 2 is 1.44 bits per heavy atom. The van der Waals surface area contributed by atoms with Gasteiger partial charge in [0.15, 0.2) is 0 Å². The van der Waals surface area contributed by atoms with E-state index in [0.717, 1.165) is 0 Å². The van der Waals surface area contributed by atoms with Gasteiger partial charge in [0, 0.05) is 19.2 Å². The summed E-state index contributed by atoms with van der Waals surface area (Å²) in [7, 11) is 0. The second-order valence-corrected chi connectivity index (χ2v) is 2.46. The van der Waals surface area contributed by atoms with Crippen molar-refractivity contribution >= 4 is 17.9 Å². The third-order valence-corrected chi connectivity index (χ3v) is 1.08. The third kappa shape index (κ3) is 12.1. The van der Waals surface area contributed by atoms with Gasteiger partial charge in [-0.1, -0.05) is 0 Å². The van der Waals surface area contributed by atoms with Crippen LogP contribution in [0, 0.1) is 0 Å². The standard InChI is InChI=1S/C6H6O6.C2H8N2/c7-4(8)1-3(6(11)12)2-5(9)10;3-1-2-4/h1H,2H2,(H,7,8)(H,9,10)(H,11,12);1-4H2/b3-1-;. The zero-order chi connectivity index (χ0) is 13.1. The van der Waals surface area contributed by atoms with Crippen molar-refractivity contribution in [2.45, 2.75) is 6.42 Å². The summed E-state index contributed by atoms with van der Waals surface area (Å²) in [5, 5.41) is 24.5. The average molecular weight is 234 g/mol. The minimum Gasteiger partial charge on any atom is -0.481 e. The molecule has 8 heteroatoms. The van der Waals surface area contributed by atoms with Crippen LogP contribution in [0.2, 0.25) is 0 Å². The Morgan fingerprint density at radius 1 is 1.00 bits per heavy atom. The van der Waals surface area contributed by atoms with E-state index in [1.807, 2.05) is 0 Å². The fraction of sp³-hybridized carbons (Fsp3) is 0.375. The number of nitrogens with two attached hydrogens (primary N) is 2. The largest absolute Gasteiger partial charge is 0.481 e. The summed E-state index contributed by atoms with van der Waals surface area (Å²) < 4.78 is 0. The first-order valence-corrected chi connectivity index (χ1v) is 4.13. The molecular formula is C8H14N2O6. The van der Waals surface area contributed by atoms with Crippen molar-refractivity contribution in [3.05, 3.63) is 11.6 Å². The molecule has 0 aliphatic heterocycles. The number of rotatable bonds is 5. The van der Waals surface area contributed by atoms with Gasteiger partial charge in [-0.2, -0.15) is 0 Å². The van der Waals surface area contributed by atoms with Gasteiger partial charge < -0.3 is 26.8 Å². The first-order valence-electron chi connectivity index (χ1n) is 4.13. The van der Waals surface area contributed by atoms with Crippen LogP contribution < -0.4 is 11.5 Å². The van der Waals surface area contributed by atoms with Crippen molar-refractivity contribution in [3.8, 4) is 0 Å². The Hall–Kier alpha value is -1.93. The van der Waals surface area contributed by atoms with Gasteiger partial charge in [0.2, 0.25) is 0 Å². The normalized spacial score (nSPS) is 10.0. The van der Waals surface area contributed by atoms with E-state index in [4.69, 9.17) is 26.8 Å². The molecule has 0 bridgehead atoms. The van der Waals surface area contributed by atoms with E-state index in [9.17, 15) is 14.4 Å². The van der Waals surface area contributed by atoms with Crippen molar-refractivity contribution < 1.29 is 29.7 Å². The summed E-state index contributed by atoms with van der Waals surface area (Å²) in [6.07, 6.45) is -0.446. The van der Waals surface area contributed by atoms with Crippen molar-refractivity contribution in [1.82, 2.24) is 0 Å². The molecule has 92 valence electrons. The second kappa shape index (κ2) is 9.62. The molecule has 0 radical (unpaired) electrons. The predicted octanol–water partition coefficient (Wildman–Crippen LogP) is -1.54. The second-order valence-electron chi connectivity index (χ2n) is 2.46. The molecule has 0 aromatic heterocycles. The molecule has 0 saturated heterocycles. The van der Waals surface area contributed by atoms with E-state index in [2.05, 4.69) is 0 Å². The first kappa shape index (κ1) is 16.5. The Bertz CT molecular complexity index is 284. The van der Waals surface area contributed by atoms with Crippen LogP contribution in [0.5, 0.6) is 0 Å². The molecule has 0 spiro atoms. The number of hydrogen-bond acceptors (Lipinski definition) is 5. The number of aliphatic carboxylic acids is 3. The summed E-state index contributed by atoms with van der Waals surface area (Å²) in [5.41, 5.74) is 9.15. The number of hydrogen-bond donors (Lipinski definition) is 5. The molecule has 0 saturated carbocycles. The minimum absolute atomic E-state index is 0.358. The van der Waals surface area contributed by atoms with Crippen LogP contribution in [0.4, 0.5) is 0 Å². The van der Waals surface area contributed by atoms with E-state index in [0.29, 0.717) is 19.2 Å². The SMILES string of the molecule is NCCN.O=C(O)/C=C(/CC(=O)O)C(=O)O. The smallest absolute Gasteiger partial charge is 0.332 e. The third-order valence-electron chi connectivity index (χ3n) is 1.08. The number of carboxylic acid groups (broad SMARTS) is 3. The molecule has 0 unspecified atom stereocenters. The molecule has 0 aliphatic rings. The van der Waals surface area contributed by atoms with Crippen LogP contribution in [-0.4, -0.2) is 46.3 Å². The molecule has 0 aromatic carbocycles. The lowest BCUT2D eigenvalue weighted by Gasteiger charge is -1.94. The molecule has 0 amide bonds. The molecule has 0 aromatic rings. The highest BCUT2D eigenvalue weighted by Gasteiger charge is 2.12. The van der Waals surface area contributed by atoms with E-state index in [1.54, 1.807) is 0 Å². The fourth-order valence-corrected chi connectivity index (χ4v) is 0.500. The molecule has 0 heterocycles. The highest BCUT2D eigenvalue weighted by atomic mass is 16.4. The van der Waals surface area contributed by atoms with Gasteiger partial charge in [0.25, 0.3) is 0 Å². The lowest BCUT2D eigenvalue weighted by molar-refractivity contribution is -0.140. The van der Waals surface area contributed by atoms with Gasteiger partial charge in [-0.25, -0.2) is 9.59 Å². The summed E-state index contributed by atoms with van der Waals surface area (Å²) >= 11 is 0. The summed E-state index contributed by atoms with van der Waals surface area (Å²) in [6.45, 7) is 1.19. The van der Waals surface area contributed by atoms with Crippen LogP contribution in [0.1, 0.15) is 6.42 Å². The van der Waals surface area contributed by atoms with Gasteiger partial charge >= 0.3 is 17.9 Å². The summed E-state index contributed by atoms with van der Waals surface area (Å²) in [4.78, 5) is 30.1. The zero-order valence-corrected chi connectivity index (χ0v) is 8.42. The molecule has 0 atom stereocenters. The monoisotopic (exact) mass is 234 g/mol. The van der Waals surface area contributed by atoms with E-state index in [1.165, 1.54) is 0 Å². The molecule has 7 N–H and O–H groups in total.